The van der Waals surface area contributed by atoms with E-state index in [0.29, 0.717) is 5.92 Å². The summed E-state index contributed by atoms with van der Waals surface area (Å²) in [6.45, 7) is 7.77. The fourth-order valence-corrected chi connectivity index (χ4v) is 2.17. The molecule has 0 amide bonds. The lowest BCUT2D eigenvalue weighted by atomic mass is 9.96. The van der Waals surface area contributed by atoms with Crippen molar-refractivity contribution in [3.63, 3.8) is 0 Å². The monoisotopic (exact) mass is 281 g/mol. The molecule has 1 N–H and O–H groups in total. The van der Waals surface area contributed by atoms with Gasteiger partial charge in [-0.05, 0) is 49.4 Å². The first-order valence-electron chi connectivity index (χ1n) is 7.81. The molecule has 0 radical (unpaired) electrons. The van der Waals surface area contributed by atoms with E-state index in [1.807, 2.05) is 6.07 Å². The van der Waals surface area contributed by atoms with Gasteiger partial charge >= 0.3 is 0 Å². The molecule has 1 atom stereocenters. The molecule has 20 heavy (non-hydrogen) atoms. The van der Waals surface area contributed by atoms with Gasteiger partial charge in [-0.3, -0.25) is 0 Å². The molecule has 0 aliphatic heterocycles. The van der Waals surface area contributed by atoms with Crippen LogP contribution in [0, 0.1) is 5.82 Å². The van der Waals surface area contributed by atoms with Crippen molar-refractivity contribution in [1.82, 2.24) is 5.32 Å². The smallest absolute Gasteiger partial charge is 0.123 e. The molecule has 0 aromatic heterocycles. The first-order chi connectivity index (χ1) is 9.77. The van der Waals surface area contributed by atoms with Crippen LogP contribution in [0.1, 0.15) is 51.0 Å². The number of nitrogens with one attached hydrogen (secondary N) is 1. The minimum atomic E-state index is -0.158. The lowest BCUT2D eigenvalue weighted by molar-refractivity contribution is 0.124. The zero-order valence-corrected chi connectivity index (χ0v) is 12.8. The van der Waals surface area contributed by atoms with Crippen LogP contribution in [0.15, 0.2) is 24.3 Å². The molecule has 1 aromatic carbocycles. The Kier molecular flexibility index (Phi) is 9.25. The number of halogens is 1. The molecule has 0 saturated heterocycles. The van der Waals surface area contributed by atoms with Crippen LogP contribution in [0.2, 0.25) is 0 Å². The molecule has 0 bridgehead atoms. The number of benzene rings is 1. The average molecular weight is 281 g/mol. The molecular formula is C17H28FNO. The standard InChI is InChI=1S/C17H28FNO/c1-3-5-11-20-12-9-16(14-19-10-4-2)15-7-6-8-17(18)13-15/h6-8,13,16,19H,3-5,9-12,14H2,1-2H3. The van der Waals surface area contributed by atoms with E-state index in [9.17, 15) is 4.39 Å². The molecule has 2 nitrogen and oxygen atoms in total. The topological polar surface area (TPSA) is 21.3 Å². The second-order valence-electron chi connectivity index (χ2n) is 5.21. The number of hydrogen-bond acceptors (Lipinski definition) is 2. The quantitative estimate of drug-likeness (QED) is 0.616. The van der Waals surface area contributed by atoms with Crippen molar-refractivity contribution in [1.29, 1.82) is 0 Å². The molecule has 0 aliphatic carbocycles. The maximum atomic E-state index is 13.4. The fraction of sp³-hybridized carbons (Fsp3) is 0.647. The average Bonchev–Trinajstić information content (AvgIpc) is 2.45. The molecule has 0 spiro atoms. The van der Waals surface area contributed by atoms with E-state index < -0.39 is 0 Å². The van der Waals surface area contributed by atoms with E-state index in [1.54, 1.807) is 12.1 Å². The van der Waals surface area contributed by atoms with Crippen molar-refractivity contribution in [2.75, 3.05) is 26.3 Å². The third kappa shape index (κ3) is 7.01. The van der Waals surface area contributed by atoms with Crippen LogP contribution in [-0.4, -0.2) is 26.3 Å². The predicted octanol–water partition coefficient (Wildman–Crippen LogP) is 4.12. The third-order valence-corrected chi connectivity index (χ3v) is 3.39. The number of ether oxygens (including phenoxy) is 1. The summed E-state index contributed by atoms with van der Waals surface area (Å²) in [5.74, 6) is 0.161. The lowest BCUT2D eigenvalue weighted by Gasteiger charge is -2.18. The summed E-state index contributed by atoms with van der Waals surface area (Å²) in [5.41, 5.74) is 1.06. The Balaban J connectivity index is 2.47. The van der Waals surface area contributed by atoms with Gasteiger partial charge in [0.05, 0.1) is 0 Å². The number of unbranched alkanes of at least 4 members (excludes halogenated alkanes) is 1. The van der Waals surface area contributed by atoms with Crippen LogP contribution in [0.25, 0.3) is 0 Å². The van der Waals surface area contributed by atoms with Crippen molar-refractivity contribution in [2.24, 2.45) is 0 Å². The molecule has 0 aliphatic rings. The second kappa shape index (κ2) is 10.8. The van der Waals surface area contributed by atoms with Crippen LogP contribution in [0.4, 0.5) is 4.39 Å². The van der Waals surface area contributed by atoms with Crippen molar-refractivity contribution in [3.05, 3.63) is 35.6 Å². The van der Waals surface area contributed by atoms with Gasteiger partial charge in [-0.1, -0.05) is 32.4 Å². The Bertz CT molecular complexity index is 357. The number of rotatable bonds is 11. The maximum Gasteiger partial charge on any atom is 0.123 e. The van der Waals surface area contributed by atoms with E-state index >= 15 is 0 Å². The Labute approximate surface area is 122 Å². The van der Waals surface area contributed by atoms with Crippen molar-refractivity contribution < 1.29 is 9.13 Å². The van der Waals surface area contributed by atoms with Crippen LogP contribution in [-0.2, 0) is 4.74 Å². The van der Waals surface area contributed by atoms with Gasteiger partial charge in [0.2, 0.25) is 0 Å². The van der Waals surface area contributed by atoms with Crippen molar-refractivity contribution >= 4 is 0 Å². The minimum absolute atomic E-state index is 0.158. The first-order valence-corrected chi connectivity index (χ1v) is 7.81. The summed E-state index contributed by atoms with van der Waals surface area (Å²) >= 11 is 0. The Hall–Kier alpha value is -0.930. The second-order valence-corrected chi connectivity index (χ2v) is 5.21. The summed E-state index contributed by atoms with van der Waals surface area (Å²) < 4.78 is 19.0. The fourth-order valence-electron chi connectivity index (χ4n) is 2.17. The molecular weight excluding hydrogens is 253 g/mol. The van der Waals surface area contributed by atoms with Crippen molar-refractivity contribution in [3.8, 4) is 0 Å². The molecule has 1 unspecified atom stereocenters. The summed E-state index contributed by atoms with van der Waals surface area (Å²) in [4.78, 5) is 0. The Morgan fingerprint density at radius 1 is 1.20 bits per heavy atom. The zero-order chi connectivity index (χ0) is 14.6. The van der Waals surface area contributed by atoms with Crippen LogP contribution in [0.5, 0.6) is 0 Å². The lowest BCUT2D eigenvalue weighted by Crippen LogP contribution is -2.23. The molecule has 1 aromatic rings. The van der Waals surface area contributed by atoms with Gasteiger partial charge in [-0.2, -0.15) is 0 Å². The van der Waals surface area contributed by atoms with E-state index in [1.165, 1.54) is 6.07 Å². The van der Waals surface area contributed by atoms with Gasteiger partial charge in [0.1, 0.15) is 5.82 Å². The number of hydrogen-bond donors (Lipinski definition) is 1. The summed E-state index contributed by atoms with van der Waals surface area (Å²) in [7, 11) is 0. The largest absolute Gasteiger partial charge is 0.381 e. The van der Waals surface area contributed by atoms with Crippen LogP contribution in [0.3, 0.4) is 0 Å². The maximum absolute atomic E-state index is 13.4. The van der Waals surface area contributed by atoms with Gasteiger partial charge in [0, 0.05) is 19.8 Å². The zero-order valence-electron chi connectivity index (χ0n) is 12.8. The minimum Gasteiger partial charge on any atom is -0.381 e. The Morgan fingerprint density at radius 3 is 2.75 bits per heavy atom. The normalized spacial score (nSPS) is 12.6. The van der Waals surface area contributed by atoms with Gasteiger partial charge < -0.3 is 10.1 Å². The molecule has 0 saturated carbocycles. The highest BCUT2D eigenvalue weighted by Crippen LogP contribution is 2.20. The highest BCUT2D eigenvalue weighted by molar-refractivity contribution is 5.21. The van der Waals surface area contributed by atoms with E-state index in [4.69, 9.17) is 4.74 Å². The SMILES string of the molecule is CCCCOCCC(CNCCC)c1cccc(F)c1. The van der Waals surface area contributed by atoms with E-state index in [0.717, 1.165) is 57.6 Å². The van der Waals surface area contributed by atoms with Crippen LogP contribution < -0.4 is 5.32 Å². The van der Waals surface area contributed by atoms with E-state index in [-0.39, 0.29) is 5.82 Å². The first kappa shape index (κ1) is 17.1. The third-order valence-electron chi connectivity index (χ3n) is 3.39. The van der Waals surface area contributed by atoms with Gasteiger partial charge in [0.25, 0.3) is 0 Å². The molecule has 0 heterocycles. The highest BCUT2D eigenvalue weighted by Gasteiger charge is 2.11. The van der Waals surface area contributed by atoms with Gasteiger partial charge in [-0.15, -0.1) is 0 Å². The summed E-state index contributed by atoms with van der Waals surface area (Å²) in [6, 6.07) is 6.94. The summed E-state index contributed by atoms with van der Waals surface area (Å²) in [6.07, 6.45) is 4.32. The Morgan fingerprint density at radius 2 is 2.05 bits per heavy atom. The van der Waals surface area contributed by atoms with Gasteiger partial charge in [-0.25, -0.2) is 4.39 Å². The van der Waals surface area contributed by atoms with Crippen LogP contribution >= 0.6 is 0 Å². The van der Waals surface area contributed by atoms with Gasteiger partial charge in [0.15, 0.2) is 0 Å². The van der Waals surface area contributed by atoms with Crippen molar-refractivity contribution in [2.45, 2.75) is 45.4 Å². The van der Waals surface area contributed by atoms with E-state index in [2.05, 4.69) is 19.2 Å². The molecule has 114 valence electrons. The molecule has 0 fully saturated rings. The predicted molar refractivity (Wildman–Crippen MR) is 82.6 cm³/mol. The molecule has 3 heteroatoms. The molecule has 1 rings (SSSR count). The summed E-state index contributed by atoms with van der Waals surface area (Å²) in [5, 5.41) is 3.43. The highest BCUT2D eigenvalue weighted by atomic mass is 19.1.